The molecule has 0 aliphatic carbocycles. The predicted molar refractivity (Wildman–Crippen MR) is 94.5 cm³/mol. The smallest absolute Gasteiger partial charge is 0.342 e. The lowest BCUT2D eigenvalue weighted by Crippen LogP contribution is -2.39. The zero-order valence-corrected chi connectivity index (χ0v) is 14.0. The van der Waals surface area contributed by atoms with Crippen LogP contribution in [0.3, 0.4) is 0 Å². The number of nitro benzene ring substituents is 1. The predicted octanol–water partition coefficient (Wildman–Crippen LogP) is 2.79. The van der Waals surface area contributed by atoms with Crippen LogP contribution < -0.4 is 0 Å². The van der Waals surface area contributed by atoms with Gasteiger partial charge in [-0.25, -0.2) is 4.79 Å². The summed E-state index contributed by atoms with van der Waals surface area (Å²) in [6, 6.07) is 13.9. The third-order valence-corrected chi connectivity index (χ3v) is 3.72. The van der Waals surface area contributed by atoms with Crippen LogP contribution in [0.25, 0.3) is 6.08 Å². The first-order valence-electron chi connectivity index (χ1n) is 7.68. The van der Waals surface area contributed by atoms with E-state index in [9.17, 15) is 24.8 Å². The van der Waals surface area contributed by atoms with Crippen molar-refractivity contribution in [2.75, 3.05) is 7.11 Å². The summed E-state index contributed by atoms with van der Waals surface area (Å²) in [6.45, 7) is 0. The molecule has 0 radical (unpaired) electrons. The van der Waals surface area contributed by atoms with Gasteiger partial charge >= 0.3 is 5.97 Å². The van der Waals surface area contributed by atoms with Gasteiger partial charge in [-0.05, 0) is 23.8 Å². The zero-order valence-electron chi connectivity index (χ0n) is 14.0. The quantitative estimate of drug-likeness (QED) is 0.354. The fourth-order valence-electron chi connectivity index (χ4n) is 2.29. The molecule has 0 heterocycles. The van der Waals surface area contributed by atoms with Gasteiger partial charge < -0.3 is 9.84 Å². The van der Waals surface area contributed by atoms with Gasteiger partial charge in [0.05, 0.1) is 18.5 Å². The van der Waals surface area contributed by atoms with Crippen LogP contribution in [0.5, 0.6) is 0 Å². The summed E-state index contributed by atoms with van der Waals surface area (Å²) in [6.07, 6.45) is 2.16. The maximum atomic E-state index is 12.4. The van der Waals surface area contributed by atoms with Gasteiger partial charge in [-0.1, -0.05) is 36.4 Å². The van der Waals surface area contributed by atoms with Gasteiger partial charge in [0.25, 0.3) is 5.69 Å². The molecule has 0 saturated carbocycles. The number of hydrogen-bond acceptors (Lipinski definition) is 6. The standard InChI is InChI=1S/C19H17NO6/c1-26-18(22)19(23,12-11-14-5-3-2-4-6-14)13-17(21)15-7-9-16(10-8-15)20(24)25/h2-12,23H,13H2,1H3/b12-11+/t19-/m0/s1. The molecule has 0 fully saturated rings. The van der Waals surface area contributed by atoms with Crippen molar-refractivity contribution < 1.29 is 24.4 Å². The Morgan fingerprint density at radius 2 is 1.77 bits per heavy atom. The van der Waals surface area contributed by atoms with Crippen molar-refractivity contribution in [1.29, 1.82) is 0 Å². The number of Topliss-reactive ketones (excluding diaryl/α,β-unsaturated/α-hetero) is 1. The number of esters is 1. The topological polar surface area (TPSA) is 107 Å². The number of nitro groups is 1. The van der Waals surface area contributed by atoms with Crippen LogP contribution in [0.1, 0.15) is 22.3 Å². The summed E-state index contributed by atoms with van der Waals surface area (Å²) in [7, 11) is 1.11. The second-order valence-corrected chi connectivity index (χ2v) is 5.56. The number of rotatable bonds is 7. The van der Waals surface area contributed by atoms with E-state index in [4.69, 9.17) is 0 Å². The second-order valence-electron chi connectivity index (χ2n) is 5.56. The van der Waals surface area contributed by atoms with Crippen molar-refractivity contribution in [1.82, 2.24) is 0 Å². The number of nitrogens with zero attached hydrogens (tertiary/aromatic N) is 1. The molecule has 7 heteroatoms. The Kier molecular flexibility index (Phi) is 5.98. The molecule has 0 aromatic heterocycles. The van der Waals surface area contributed by atoms with E-state index in [0.717, 1.165) is 12.7 Å². The zero-order chi connectivity index (χ0) is 19.2. The molecular weight excluding hydrogens is 338 g/mol. The molecular formula is C19H17NO6. The lowest BCUT2D eigenvalue weighted by Gasteiger charge is -2.21. The first kappa shape index (κ1) is 19.0. The SMILES string of the molecule is COC(=O)[C@](O)(/C=C/c1ccccc1)CC(=O)c1ccc([N+](=O)[O-])cc1. The molecule has 134 valence electrons. The third kappa shape index (κ3) is 4.61. The molecule has 2 aromatic rings. The highest BCUT2D eigenvalue weighted by molar-refractivity contribution is 6.01. The number of ketones is 1. The second kappa shape index (κ2) is 8.17. The summed E-state index contributed by atoms with van der Waals surface area (Å²) >= 11 is 0. The first-order chi connectivity index (χ1) is 12.4. The molecule has 0 aliphatic heterocycles. The molecule has 0 saturated heterocycles. The number of non-ortho nitro benzene ring substituents is 1. The van der Waals surface area contributed by atoms with Crippen LogP contribution in [0.2, 0.25) is 0 Å². The maximum absolute atomic E-state index is 12.4. The highest BCUT2D eigenvalue weighted by atomic mass is 16.6. The number of methoxy groups -OCH3 is 1. The third-order valence-electron chi connectivity index (χ3n) is 3.72. The summed E-state index contributed by atoms with van der Waals surface area (Å²) in [5, 5.41) is 21.3. The Hall–Kier alpha value is -3.32. The Labute approximate surface area is 149 Å². The van der Waals surface area contributed by atoms with E-state index in [-0.39, 0.29) is 11.3 Å². The van der Waals surface area contributed by atoms with Crippen LogP contribution in [-0.4, -0.2) is 34.5 Å². The van der Waals surface area contributed by atoms with Crippen molar-refractivity contribution in [3.63, 3.8) is 0 Å². The maximum Gasteiger partial charge on any atom is 0.342 e. The molecule has 0 spiro atoms. The number of ether oxygens (including phenoxy) is 1. The van der Waals surface area contributed by atoms with Crippen molar-refractivity contribution in [3.8, 4) is 0 Å². The van der Waals surface area contributed by atoms with Crippen LogP contribution in [0.15, 0.2) is 60.7 Å². The number of benzene rings is 2. The van der Waals surface area contributed by atoms with Gasteiger partial charge in [-0.3, -0.25) is 14.9 Å². The van der Waals surface area contributed by atoms with Gasteiger partial charge in [0, 0.05) is 17.7 Å². The van der Waals surface area contributed by atoms with Crippen molar-refractivity contribution in [2.45, 2.75) is 12.0 Å². The van der Waals surface area contributed by atoms with Crippen LogP contribution in [0.4, 0.5) is 5.69 Å². The molecule has 2 aromatic carbocycles. The summed E-state index contributed by atoms with van der Waals surface area (Å²) in [4.78, 5) is 34.5. The van der Waals surface area contributed by atoms with E-state index in [1.54, 1.807) is 24.3 Å². The number of aliphatic hydroxyl groups is 1. The van der Waals surface area contributed by atoms with Crippen LogP contribution in [0, 0.1) is 10.1 Å². The summed E-state index contributed by atoms with van der Waals surface area (Å²) in [5.41, 5.74) is -1.43. The Balaban J connectivity index is 2.23. The largest absolute Gasteiger partial charge is 0.467 e. The highest BCUT2D eigenvalue weighted by Gasteiger charge is 2.37. The lowest BCUT2D eigenvalue weighted by atomic mass is 9.92. The molecule has 0 bridgehead atoms. The molecule has 0 amide bonds. The van der Waals surface area contributed by atoms with Gasteiger partial charge in [0.15, 0.2) is 11.4 Å². The monoisotopic (exact) mass is 355 g/mol. The highest BCUT2D eigenvalue weighted by Crippen LogP contribution is 2.21. The fraction of sp³-hybridized carbons (Fsp3) is 0.158. The van der Waals surface area contributed by atoms with Gasteiger partial charge in [-0.2, -0.15) is 0 Å². The minimum absolute atomic E-state index is 0.144. The molecule has 1 atom stereocenters. The summed E-state index contributed by atoms with van der Waals surface area (Å²) in [5.74, 6) is -1.52. The molecule has 7 nitrogen and oxygen atoms in total. The Bertz CT molecular complexity index is 829. The van der Waals surface area contributed by atoms with Gasteiger partial charge in [-0.15, -0.1) is 0 Å². The molecule has 2 rings (SSSR count). The fourth-order valence-corrected chi connectivity index (χ4v) is 2.29. The van der Waals surface area contributed by atoms with Crippen LogP contribution in [-0.2, 0) is 9.53 Å². The van der Waals surface area contributed by atoms with Crippen molar-refractivity contribution in [2.24, 2.45) is 0 Å². The average Bonchev–Trinajstić information content (AvgIpc) is 2.66. The summed E-state index contributed by atoms with van der Waals surface area (Å²) < 4.78 is 4.61. The van der Waals surface area contributed by atoms with E-state index in [1.807, 2.05) is 6.07 Å². The molecule has 26 heavy (non-hydrogen) atoms. The number of carbonyl (C=O) groups is 2. The molecule has 0 aliphatic rings. The first-order valence-corrected chi connectivity index (χ1v) is 7.68. The molecule has 0 unspecified atom stereocenters. The number of hydrogen-bond donors (Lipinski definition) is 1. The van der Waals surface area contributed by atoms with E-state index < -0.39 is 28.7 Å². The average molecular weight is 355 g/mol. The Morgan fingerprint density at radius 1 is 1.15 bits per heavy atom. The van der Waals surface area contributed by atoms with E-state index in [1.165, 1.54) is 36.4 Å². The minimum atomic E-state index is -2.15. The minimum Gasteiger partial charge on any atom is -0.467 e. The van der Waals surface area contributed by atoms with Crippen molar-refractivity contribution >= 4 is 23.5 Å². The van der Waals surface area contributed by atoms with E-state index in [2.05, 4.69) is 4.74 Å². The Morgan fingerprint density at radius 3 is 2.31 bits per heavy atom. The number of carbonyl (C=O) groups excluding carboxylic acids is 2. The lowest BCUT2D eigenvalue weighted by molar-refractivity contribution is -0.384. The van der Waals surface area contributed by atoms with E-state index >= 15 is 0 Å². The van der Waals surface area contributed by atoms with E-state index in [0.29, 0.717) is 0 Å². The normalized spacial score (nSPS) is 13.2. The van der Waals surface area contributed by atoms with Crippen molar-refractivity contribution in [3.05, 3.63) is 81.9 Å². The van der Waals surface area contributed by atoms with Gasteiger partial charge in [0.1, 0.15) is 0 Å². The molecule has 1 N–H and O–H groups in total. The van der Waals surface area contributed by atoms with Crippen LogP contribution >= 0.6 is 0 Å². The van der Waals surface area contributed by atoms with Gasteiger partial charge in [0.2, 0.25) is 0 Å².